The molecule has 11 heavy (non-hydrogen) atoms. The molecule has 1 rings (SSSR count). The fourth-order valence-electron chi connectivity index (χ4n) is 1.46. The molecule has 1 saturated carbocycles. The second-order valence-corrected chi connectivity index (χ2v) is 2.80. The molecule has 0 aliphatic heterocycles. The van der Waals surface area contributed by atoms with Crippen LogP contribution in [0.3, 0.4) is 0 Å². The maximum Gasteiger partial charge on any atom is 0.0466 e. The molecule has 0 saturated heterocycles. The van der Waals surface area contributed by atoms with Crippen LogP contribution in [0.5, 0.6) is 0 Å². The predicted molar refractivity (Wildman–Crippen MR) is 38.7 cm³/mol. The van der Waals surface area contributed by atoms with Crippen molar-refractivity contribution in [3.63, 3.8) is 0 Å². The Balaban J connectivity index is 2.44. The lowest BCUT2D eigenvalue weighted by Gasteiger charge is -2.40. The smallest absolute Gasteiger partial charge is 0.0466 e. The first-order chi connectivity index (χ1) is 5.33. The predicted octanol–water partition coefficient (Wildman–Crippen LogP) is 0.286. The summed E-state index contributed by atoms with van der Waals surface area (Å²) in [6.07, 6.45) is 0.700. The Morgan fingerprint density at radius 2 is 2.18 bits per heavy atom. The van der Waals surface area contributed by atoms with E-state index in [0.717, 1.165) is 0 Å². The van der Waals surface area contributed by atoms with E-state index >= 15 is 0 Å². The lowest BCUT2D eigenvalue weighted by Crippen LogP contribution is -2.44. The summed E-state index contributed by atoms with van der Waals surface area (Å²) in [6.45, 7) is 0.0671. The van der Waals surface area contributed by atoms with Crippen molar-refractivity contribution in [1.29, 1.82) is 0 Å². The number of hydrogen-bond donors (Lipinski definition) is 2. The maximum absolute atomic E-state index is 8.79. The summed E-state index contributed by atoms with van der Waals surface area (Å²) in [5, 5.41) is 21.0. The Kier molecular flexibility index (Phi) is 2.70. The average molecular weight is 157 g/mol. The van der Waals surface area contributed by atoms with E-state index < -0.39 is 0 Å². The average Bonchev–Trinajstić information content (AvgIpc) is 1.98. The van der Waals surface area contributed by atoms with Gasteiger partial charge in [0.05, 0.1) is 0 Å². The Bertz CT molecular complexity index is 179. The fraction of sp³-hybridized carbons (Fsp3) is 1.00. The van der Waals surface area contributed by atoms with Crippen LogP contribution in [-0.2, 0) is 0 Å². The second-order valence-electron chi connectivity index (χ2n) is 2.80. The summed E-state index contributed by atoms with van der Waals surface area (Å²) in [7, 11) is 0. The normalized spacial score (nSPS) is 35.6. The molecular weight excluding hydrogens is 146 g/mol. The minimum atomic E-state index is -0.109. The molecule has 0 heterocycles. The third-order valence-corrected chi connectivity index (χ3v) is 2.29. The van der Waals surface area contributed by atoms with Crippen molar-refractivity contribution < 1.29 is 10.2 Å². The van der Waals surface area contributed by atoms with Gasteiger partial charge in [0.1, 0.15) is 0 Å². The van der Waals surface area contributed by atoms with Crippen LogP contribution in [0.25, 0.3) is 10.4 Å². The van der Waals surface area contributed by atoms with Gasteiger partial charge in [-0.3, -0.25) is 0 Å². The highest BCUT2D eigenvalue weighted by atomic mass is 16.3. The molecule has 2 N–H and O–H groups in total. The zero-order valence-electron chi connectivity index (χ0n) is 6.09. The van der Waals surface area contributed by atoms with Crippen LogP contribution in [-0.4, -0.2) is 29.5 Å². The Morgan fingerprint density at radius 3 is 2.64 bits per heavy atom. The van der Waals surface area contributed by atoms with Gasteiger partial charge in [-0.2, -0.15) is 0 Å². The van der Waals surface area contributed by atoms with Gasteiger partial charge in [-0.25, -0.2) is 0 Å². The Labute approximate surface area is 64.3 Å². The number of azide groups is 1. The number of aliphatic hydroxyl groups is 2. The molecule has 5 heteroatoms. The quantitative estimate of drug-likeness (QED) is 0.350. The van der Waals surface area contributed by atoms with E-state index in [4.69, 9.17) is 15.7 Å². The third kappa shape index (κ3) is 1.45. The van der Waals surface area contributed by atoms with Gasteiger partial charge in [-0.1, -0.05) is 5.11 Å². The second kappa shape index (κ2) is 3.57. The summed E-state index contributed by atoms with van der Waals surface area (Å²) in [5.74, 6) is 0.0893. The highest BCUT2D eigenvalue weighted by Gasteiger charge is 2.39. The standard InChI is InChI=1S/C6H11N3O2/c7-9-8-6-1-4(2-10)5(6)3-11/h4-6,10-11H,1-3H2/t4-,5-,6+/m1/s1. The highest BCUT2D eigenvalue weighted by molar-refractivity contribution is 4.93. The van der Waals surface area contributed by atoms with Gasteiger partial charge >= 0.3 is 0 Å². The number of nitrogens with zero attached hydrogens (tertiary/aromatic N) is 3. The van der Waals surface area contributed by atoms with E-state index in [1.54, 1.807) is 0 Å². The van der Waals surface area contributed by atoms with Crippen molar-refractivity contribution in [3.8, 4) is 0 Å². The third-order valence-electron chi connectivity index (χ3n) is 2.29. The van der Waals surface area contributed by atoms with Crippen LogP contribution in [0.15, 0.2) is 5.11 Å². The van der Waals surface area contributed by atoms with Crippen LogP contribution in [0.1, 0.15) is 6.42 Å². The zero-order valence-corrected chi connectivity index (χ0v) is 6.09. The van der Waals surface area contributed by atoms with E-state index in [9.17, 15) is 0 Å². The van der Waals surface area contributed by atoms with Crippen molar-refractivity contribution in [2.75, 3.05) is 13.2 Å². The van der Waals surface area contributed by atoms with Gasteiger partial charge in [-0.15, -0.1) is 0 Å². The molecule has 0 spiro atoms. The SMILES string of the molecule is [N-]=[N+]=N[C@H]1C[C@H](CO)[C@H]1CO. The molecule has 3 atom stereocenters. The number of hydrogen-bond acceptors (Lipinski definition) is 3. The van der Waals surface area contributed by atoms with Crippen molar-refractivity contribution in [2.45, 2.75) is 12.5 Å². The van der Waals surface area contributed by atoms with E-state index in [-0.39, 0.29) is 31.1 Å². The molecule has 0 aromatic rings. The maximum atomic E-state index is 8.79. The fourth-order valence-corrected chi connectivity index (χ4v) is 1.46. The molecule has 0 radical (unpaired) electrons. The molecule has 1 aliphatic carbocycles. The Morgan fingerprint density at radius 1 is 1.45 bits per heavy atom. The lowest BCUT2D eigenvalue weighted by atomic mass is 9.70. The summed E-state index contributed by atoms with van der Waals surface area (Å²) >= 11 is 0. The molecule has 5 nitrogen and oxygen atoms in total. The summed E-state index contributed by atoms with van der Waals surface area (Å²) in [4.78, 5) is 2.66. The number of aliphatic hydroxyl groups excluding tert-OH is 2. The molecule has 1 fully saturated rings. The van der Waals surface area contributed by atoms with Crippen molar-refractivity contribution in [2.24, 2.45) is 17.0 Å². The van der Waals surface area contributed by atoms with Crippen LogP contribution in [0.2, 0.25) is 0 Å². The van der Waals surface area contributed by atoms with Crippen molar-refractivity contribution in [1.82, 2.24) is 0 Å². The first kappa shape index (κ1) is 8.33. The number of rotatable bonds is 3. The van der Waals surface area contributed by atoms with E-state index in [1.165, 1.54) is 0 Å². The van der Waals surface area contributed by atoms with Gasteiger partial charge in [-0.05, 0) is 23.8 Å². The van der Waals surface area contributed by atoms with Gasteiger partial charge in [0.15, 0.2) is 0 Å². The van der Waals surface area contributed by atoms with Gasteiger partial charge in [0.2, 0.25) is 0 Å². The van der Waals surface area contributed by atoms with Crippen molar-refractivity contribution in [3.05, 3.63) is 10.4 Å². The summed E-state index contributed by atoms with van der Waals surface area (Å²) < 4.78 is 0. The topological polar surface area (TPSA) is 89.2 Å². The molecule has 62 valence electrons. The minimum Gasteiger partial charge on any atom is -0.396 e. The van der Waals surface area contributed by atoms with E-state index in [1.807, 2.05) is 0 Å². The highest BCUT2D eigenvalue weighted by Crippen LogP contribution is 2.36. The van der Waals surface area contributed by atoms with Crippen LogP contribution < -0.4 is 0 Å². The molecule has 1 aliphatic rings. The van der Waals surface area contributed by atoms with E-state index in [2.05, 4.69) is 10.0 Å². The molecule has 0 unspecified atom stereocenters. The summed E-state index contributed by atoms with van der Waals surface area (Å²) in [5.41, 5.74) is 8.09. The van der Waals surface area contributed by atoms with E-state index in [0.29, 0.717) is 6.42 Å². The Hall–Kier alpha value is -0.770. The molecular formula is C6H11N3O2. The molecule has 0 amide bonds. The van der Waals surface area contributed by atoms with Crippen LogP contribution >= 0.6 is 0 Å². The lowest BCUT2D eigenvalue weighted by molar-refractivity contribution is 0.0254. The van der Waals surface area contributed by atoms with Gasteiger partial charge in [0.25, 0.3) is 0 Å². The molecule has 0 aromatic heterocycles. The first-order valence-electron chi connectivity index (χ1n) is 3.59. The largest absolute Gasteiger partial charge is 0.396 e. The summed E-state index contributed by atoms with van der Waals surface area (Å²) in [6, 6.07) is -0.109. The monoisotopic (exact) mass is 157 g/mol. The van der Waals surface area contributed by atoms with Gasteiger partial charge in [0, 0.05) is 24.2 Å². The molecule has 0 bridgehead atoms. The zero-order chi connectivity index (χ0) is 8.27. The minimum absolute atomic E-state index is 0.00505. The first-order valence-corrected chi connectivity index (χ1v) is 3.59. The van der Waals surface area contributed by atoms with Crippen LogP contribution in [0.4, 0.5) is 0 Å². The molecule has 0 aromatic carbocycles. The van der Waals surface area contributed by atoms with Crippen LogP contribution in [0, 0.1) is 11.8 Å². The van der Waals surface area contributed by atoms with Crippen molar-refractivity contribution >= 4 is 0 Å². The van der Waals surface area contributed by atoms with Gasteiger partial charge < -0.3 is 10.2 Å².